The molecule has 0 aliphatic carbocycles. The van der Waals surface area contributed by atoms with E-state index in [4.69, 9.17) is 0 Å². The van der Waals surface area contributed by atoms with E-state index in [2.05, 4.69) is 10.3 Å². The molecule has 0 radical (unpaired) electrons. The van der Waals surface area contributed by atoms with Gasteiger partial charge in [-0.05, 0) is 48.7 Å². The Kier molecular flexibility index (Phi) is 4.78. The number of hydrogen-bond acceptors (Lipinski definition) is 4. The van der Waals surface area contributed by atoms with Crippen LogP contribution in [-0.2, 0) is 6.61 Å². The fraction of sp³-hybridized carbons (Fsp3) is 0.294. The number of amides is 1. The molecule has 116 valence electrons. The Labute approximate surface area is 130 Å². The van der Waals surface area contributed by atoms with Crippen LogP contribution in [0.15, 0.2) is 30.5 Å². The third-order valence-corrected chi connectivity index (χ3v) is 3.59. The van der Waals surface area contributed by atoms with E-state index >= 15 is 0 Å². The summed E-state index contributed by atoms with van der Waals surface area (Å²) in [4.78, 5) is 18.4. The predicted molar refractivity (Wildman–Crippen MR) is 88.4 cm³/mol. The Bertz CT molecular complexity index is 696. The molecule has 22 heavy (non-hydrogen) atoms. The van der Waals surface area contributed by atoms with E-state index in [0.29, 0.717) is 11.4 Å². The fourth-order valence-electron chi connectivity index (χ4n) is 2.21. The van der Waals surface area contributed by atoms with Crippen LogP contribution in [0.5, 0.6) is 0 Å². The summed E-state index contributed by atoms with van der Waals surface area (Å²) in [5.74, 6) is -0.264. The summed E-state index contributed by atoms with van der Waals surface area (Å²) >= 11 is 0. The van der Waals surface area contributed by atoms with Crippen LogP contribution in [0.3, 0.4) is 0 Å². The standard InChI is InChI=1S/C17H21N3O2/c1-11-7-12(2)15(8-13(11)10-21)19-17(22)16-9-14(20(3)4)5-6-18-16/h5-9,21H,10H2,1-4H3,(H,19,22). The lowest BCUT2D eigenvalue weighted by atomic mass is 10.0. The molecule has 0 aliphatic heterocycles. The van der Waals surface area contributed by atoms with E-state index in [0.717, 1.165) is 22.4 Å². The van der Waals surface area contributed by atoms with E-state index < -0.39 is 0 Å². The van der Waals surface area contributed by atoms with Gasteiger partial charge >= 0.3 is 0 Å². The lowest BCUT2D eigenvalue weighted by molar-refractivity contribution is 0.102. The Morgan fingerprint density at radius 2 is 1.95 bits per heavy atom. The Balaban J connectivity index is 2.27. The minimum absolute atomic E-state index is 0.0522. The second-order valence-corrected chi connectivity index (χ2v) is 5.50. The van der Waals surface area contributed by atoms with Crippen LogP contribution in [0.1, 0.15) is 27.2 Å². The number of carbonyl (C=O) groups is 1. The molecule has 5 nitrogen and oxygen atoms in total. The largest absolute Gasteiger partial charge is 0.392 e. The Hall–Kier alpha value is -2.40. The van der Waals surface area contributed by atoms with Crippen molar-refractivity contribution in [3.05, 3.63) is 52.8 Å². The quantitative estimate of drug-likeness (QED) is 0.910. The van der Waals surface area contributed by atoms with Crippen LogP contribution in [0, 0.1) is 13.8 Å². The molecule has 2 rings (SSSR count). The van der Waals surface area contributed by atoms with Gasteiger partial charge in [0.05, 0.1) is 6.61 Å². The number of hydrogen-bond donors (Lipinski definition) is 2. The first-order valence-corrected chi connectivity index (χ1v) is 7.08. The van der Waals surface area contributed by atoms with Crippen molar-refractivity contribution in [1.29, 1.82) is 0 Å². The first-order valence-electron chi connectivity index (χ1n) is 7.08. The summed E-state index contributed by atoms with van der Waals surface area (Å²) < 4.78 is 0. The number of aliphatic hydroxyl groups excluding tert-OH is 1. The molecule has 0 atom stereocenters. The van der Waals surface area contributed by atoms with Crippen molar-refractivity contribution in [1.82, 2.24) is 4.98 Å². The van der Waals surface area contributed by atoms with Crippen LogP contribution >= 0.6 is 0 Å². The van der Waals surface area contributed by atoms with Crippen LogP contribution < -0.4 is 10.2 Å². The SMILES string of the molecule is Cc1cc(C)c(NC(=O)c2cc(N(C)C)ccn2)cc1CO. The molecule has 0 saturated heterocycles. The molecule has 0 fully saturated rings. The average molecular weight is 299 g/mol. The van der Waals surface area contributed by atoms with Gasteiger partial charge in [0, 0.05) is 31.7 Å². The van der Waals surface area contributed by atoms with Crippen molar-refractivity contribution in [2.24, 2.45) is 0 Å². The van der Waals surface area contributed by atoms with Gasteiger partial charge in [0.2, 0.25) is 0 Å². The van der Waals surface area contributed by atoms with Gasteiger partial charge in [-0.3, -0.25) is 9.78 Å². The lowest BCUT2D eigenvalue weighted by Crippen LogP contribution is -2.16. The Morgan fingerprint density at radius 3 is 2.59 bits per heavy atom. The van der Waals surface area contributed by atoms with Gasteiger partial charge in [-0.25, -0.2) is 0 Å². The molecule has 0 aliphatic rings. The number of benzene rings is 1. The molecule has 0 unspecified atom stereocenters. The number of aromatic nitrogens is 1. The van der Waals surface area contributed by atoms with Crippen molar-refractivity contribution in [3.63, 3.8) is 0 Å². The second kappa shape index (κ2) is 6.58. The predicted octanol–water partition coefficient (Wildman–Crippen LogP) is 2.51. The highest BCUT2D eigenvalue weighted by Crippen LogP contribution is 2.21. The molecule has 1 aromatic heterocycles. The van der Waals surface area contributed by atoms with Crippen molar-refractivity contribution >= 4 is 17.3 Å². The van der Waals surface area contributed by atoms with E-state index in [1.807, 2.05) is 45.0 Å². The maximum Gasteiger partial charge on any atom is 0.274 e. The summed E-state index contributed by atoms with van der Waals surface area (Å²) in [7, 11) is 3.82. The number of rotatable bonds is 4. The first kappa shape index (κ1) is 16.0. The molecular formula is C17H21N3O2. The highest BCUT2D eigenvalue weighted by molar-refractivity contribution is 6.03. The maximum atomic E-state index is 12.4. The van der Waals surface area contributed by atoms with Gasteiger partial charge in [-0.15, -0.1) is 0 Å². The number of carbonyl (C=O) groups excluding carboxylic acids is 1. The van der Waals surface area contributed by atoms with Crippen LogP contribution in [0.4, 0.5) is 11.4 Å². The minimum Gasteiger partial charge on any atom is -0.392 e. The van der Waals surface area contributed by atoms with Crippen LogP contribution in [-0.4, -0.2) is 30.1 Å². The topological polar surface area (TPSA) is 65.5 Å². The van der Waals surface area contributed by atoms with Gasteiger partial charge in [0.25, 0.3) is 5.91 Å². The highest BCUT2D eigenvalue weighted by atomic mass is 16.3. The molecule has 1 aromatic carbocycles. The summed E-state index contributed by atoms with van der Waals surface area (Å²) in [6.07, 6.45) is 1.62. The second-order valence-electron chi connectivity index (χ2n) is 5.50. The number of nitrogens with one attached hydrogen (secondary N) is 1. The third-order valence-electron chi connectivity index (χ3n) is 3.59. The van der Waals surface area contributed by atoms with E-state index in [9.17, 15) is 9.90 Å². The van der Waals surface area contributed by atoms with Crippen LogP contribution in [0.2, 0.25) is 0 Å². The van der Waals surface area contributed by atoms with Crippen molar-refractivity contribution < 1.29 is 9.90 Å². The minimum atomic E-state index is -0.264. The maximum absolute atomic E-state index is 12.4. The number of anilines is 2. The molecule has 1 amide bonds. The smallest absolute Gasteiger partial charge is 0.274 e. The molecule has 0 spiro atoms. The average Bonchev–Trinajstić information content (AvgIpc) is 2.50. The monoisotopic (exact) mass is 299 g/mol. The van der Waals surface area contributed by atoms with Gasteiger partial charge in [-0.2, -0.15) is 0 Å². The molecule has 0 saturated carbocycles. The third kappa shape index (κ3) is 3.43. The summed E-state index contributed by atoms with van der Waals surface area (Å²) in [5, 5.41) is 12.2. The van der Waals surface area contributed by atoms with Gasteiger partial charge < -0.3 is 15.3 Å². The van der Waals surface area contributed by atoms with Gasteiger partial charge in [0.1, 0.15) is 5.69 Å². The van der Waals surface area contributed by atoms with Crippen molar-refractivity contribution in [2.45, 2.75) is 20.5 Å². The normalized spacial score (nSPS) is 10.4. The zero-order chi connectivity index (χ0) is 16.3. The number of nitrogens with zero attached hydrogens (tertiary/aromatic N) is 2. The zero-order valence-electron chi connectivity index (χ0n) is 13.3. The molecular weight excluding hydrogens is 278 g/mol. The summed E-state index contributed by atoms with van der Waals surface area (Å²) in [6.45, 7) is 3.81. The first-order chi connectivity index (χ1) is 10.4. The highest BCUT2D eigenvalue weighted by Gasteiger charge is 2.12. The summed E-state index contributed by atoms with van der Waals surface area (Å²) in [5.41, 5.74) is 4.72. The number of aliphatic hydroxyl groups is 1. The molecule has 2 aromatic rings. The summed E-state index contributed by atoms with van der Waals surface area (Å²) in [6, 6.07) is 7.34. The molecule has 2 N–H and O–H groups in total. The van der Waals surface area contributed by atoms with E-state index in [-0.39, 0.29) is 12.5 Å². The lowest BCUT2D eigenvalue weighted by Gasteiger charge is -2.14. The number of aryl methyl sites for hydroxylation is 2. The van der Waals surface area contributed by atoms with Gasteiger partial charge in [-0.1, -0.05) is 6.07 Å². The molecule has 1 heterocycles. The van der Waals surface area contributed by atoms with Crippen molar-refractivity contribution in [2.75, 3.05) is 24.3 Å². The van der Waals surface area contributed by atoms with Gasteiger partial charge in [0.15, 0.2) is 0 Å². The van der Waals surface area contributed by atoms with E-state index in [1.54, 1.807) is 18.3 Å². The molecule has 5 heteroatoms. The zero-order valence-corrected chi connectivity index (χ0v) is 13.3. The van der Waals surface area contributed by atoms with E-state index in [1.165, 1.54) is 0 Å². The fourth-order valence-corrected chi connectivity index (χ4v) is 2.21. The Morgan fingerprint density at radius 1 is 1.23 bits per heavy atom. The van der Waals surface area contributed by atoms with Crippen LogP contribution in [0.25, 0.3) is 0 Å². The molecule has 0 bridgehead atoms. The van der Waals surface area contributed by atoms with Crippen molar-refractivity contribution in [3.8, 4) is 0 Å². The number of pyridine rings is 1.